The maximum absolute atomic E-state index is 13.8. The number of amides is 2. The summed E-state index contributed by atoms with van der Waals surface area (Å²) in [4.78, 5) is 45.3. The Hall–Kier alpha value is -3.66. The van der Waals surface area contributed by atoms with Crippen LogP contribution in [0, 0.1) is 5.82 Å². The molecule has 0 bridgehead atoms. The van der Waals surface area contributed by atoms with E-state index in [-0.39, 0.29) is 29.3 Å². The van der Waals surface area contributed by atoms with Gasteiger partial charge in [-0.2, -0.15) is 0 Å². The molecular formula is C24H25ClFN5O4. The van der Waals surface area contributed by atoms with Crippen LogP contribution in [0.25, 0.3) is 22.3 Å². The Labute approximate surface area is 205 Å². The van der Waals surface area contributed by atoms with Gasteiger partial charge in [0.2, 0.25) is 5.91 Å². The SMILES string of the molecule is CC(C)NC(=O)Cn1c(-c2ccc(F)c(Cl)c2)nc2ccc(N3CCN(C(=O)O)CC3)cc2c1=O. The van der Waals surface area contributed by atoms with E-state index in [2.05, 4.69) is 10.3 Å². The van der Waals surface area contributed by atoms with E-state index in [1.54, 1.807) is 12.1 Å². The number of anilines is 1. The highest BCUT2D eigenvalue weighted by atomic mass is 35.5. The van der Waals surface area contributed by atoms with Gasteiger partial charge in [-0.3, -0.25) is 14.2 Å². The van der Waals surface area contributed by atoms with Gasteiger partial charge in [-0.25, -0.2) is 14.2 Å². The predicted octanol–water partition coefficient (Wildman–Crippen LogP) is 3.18. The number of carboxylic acid groups (broad SMARTS) is 1. The summed E-state index contributed by atoms with van der Waals surface area (Å²) in [7, 11) is 0. The Morgan fingerprint density at radius 3 is 2.49 bits per heavy atom. The van der Waals surface area contributed by atoms with Crippen LogP contribution in [0.5, 0.6) is 0 Å². The highest BCUT2D eigenvalue weighted by Gasteiger charge is 2.22. The van der Waals surface area contributed by atoms with Crippen LogP contribution in [0.15, 0.2) is 41.2 Å². The molecule has 184 valence electrons. The molecule has 0 saturated carbocycles. The van der Waals surface area contributed by atoms with Crippen LogP contribution in [0.4, 0.5) is 14.9 Å². The fraction of sp³-hybridized carbons (Fsp3) is 0.333. The van der Waals surface area contributed by atoms with Crippen LogP contribution in [-0.4, -0.2) is 63.8 Å². The van der Waals surface area contributed by atoms with Gasteiger partial charge in [0.1, 0.15) is 18.2 Å². The topological polar surface area (TPSA) is 108 Å². The van der Waals surface area contributed by atoms with Gasteiger partial charge in [0.25, 0.3) is 5.56 Å². The van der Waals surface area contributed by atoms with Gasteiger partial charge in [0.15, 0.2) is 0 Å². The number of aromatic nitrogens is 2. The zero-order valence-electron chi connectivity index (χ0n) is 19.3. The molecule has 1 aliphatic heterocycles. The molecule has 0 spiro atoms. The quantitative estimate of drug-likeness (QED) is 0.556. The van der Waals surface area contributed by atoms with E-state index in [0.29, 0.717) is 42.6 Å². The lowest BCUT2D eigenvalue weighted by Gasteiger charge is -2.34. The lowest BCUT2D eigenvalue weighted by atomic mass is 10.1. The number of halogens is 2. The Kier molecular flexibility index (Phi) is 6.93. The van der Waals surface area contributed by atoms with Crippen molar-refractivity contribution in [2.75, 3.05) is 31.1 Å². The maximum Gasteiger partial charge on any atom is 0.407 e. The van der Waals surface area contributed by atoms with Gasteiger partial charge in [-0.05, 0) is 50.2 Å². The third-order valence-electron chi connectivity index (χ3n) is 5.78. The monoisotopic (exact) mass is 501 g/mol. The molecule has 1 fully saturated rings. The summed E-state index contributed by atoms with van der Waals surface area (Å²) in [5.74, 6) is -0.764. The Balaban J connectivity index is 1.79. The third kappa shape index (κ3) is 5.22. The summed E-state index contributed by atoms with van der Waals surface area (Å²) < 4.78 is 15.0. The molecule has 35 heavy (non-hydrogen) atoms. The fourth-order valence-electron chi connectivity index (χ4n) is 4.08. The number of benzene rings is 2. The van der Waals surface area contributed by atoms with Gasteiger partial charge in [0.05, 0.1) is 15.9 Å². The van der Waals surface area contributed by atoms with Crippen molar-refractivity contribution < 1.29 is 19.1 Å². The first-order chi connectivity index (χ1) is 16.6. The second-order valence-electron chi connectivity index (χ2n) is 8.64. The van der Waals surface area contributed by atoms with Crippen molar-refractivity contribution in [1.29, 1.82) is 0 Å². The number of nitrogens with one attached hydrogen (secondary N) is 1. The minimum Gasteiger partial charge on any atom is -0.465 e. The molecule has 9 nitrogen and oxygen atoms in total. The molecular weight excluding hydrogens is 477 g/mol. The number of carbonyl (C=O) groups is 2. The Bertz CT molecular complexity index is 1350. The minimum atomic E-state index is -0.955. The van der Waals surface area contributed by atoms with Crippen LogP contribution in [-0.2, 0) is 11.3 Å². The number of hydrogen-bond donors (Lipinski definition) is 2. The van der Waals surface area contributed by atoms with Crippen molar-refractivity contribution in [3.05, 3.63) is 57.6 Å². The van der Waals surface area contributed by atoms with Crippen LogP contribution in [0.3, 0.4) is 0 Å². The summed E-state index contributed by atoms with van der Waals surface area (Å²) in [6.45, 7) is 5.05. The summed E-state index contributed by atoms with van der Waals surface area (Å²) in [6.07, 6.45) is -0.955. The van der Waals surface area contributed by atoms with Crippen molar-refractivity contribution in [2.24, 2.45) is 0 Å². The normalized spacial score (nSPS) is 14.0. The number of carbonyl (C=O) groups excluding carboxylic acids is 1. The zero-order valence-corrected chi connectivity index (χ0v) is 20.0. The maximum atomic E-state index is 13.8. The van der Waals surface area contributed by atoms with Crippen LogP contribution in [0.1, 0.15) is 13.8 Å². The number of hydrogen-bond acceptors (Lipinski definition) is 5. The van der Waals surface area contributed by atoms with E-state index in [0.717, 1.165) is 5.69 Å². The highest BCUT2D eigenvalue weighted by molar-refractivity contribution is 6.31. The van der Waals surface area contributed by atoms with E-state index in [9.17, 15) is 23.9 Å². The zero-order chi connectivity index (χ0) is 25.3. The molecule has 4 rings (SSSR count). The first-order valence-corrected chi connectivity index (χ1v) is 11.5. The predicted molar refractivity (Wildman–Crippen MR) is 131 cm³/mol. The number of nitrogens with zero attached hydrogens (tertiary/aromatic N) is 4. The molecule has 0 atom stereocenters. The Morgan fingerprint density at radius 1 is 1.14 bits per heavy atom. The molecule has 2 amide bonds. The summed E-state index contributed by atoms with van der Waals surface area (Å²) >= 11 is 5.97. The highest BCUT2D eigenvalue weighted by Crippen LogP contribution is 2.26. The van der Waals surface area contributed by atoms with Crippen LogP contribution < -0.4 is 15.8 Å². The average Bonchev–Trinajstić information content (AvgIpc) is 2.82. The van der Waals surface area contributed by atoms with Crippen molar-refractivity contribution in [1.82, 2.24) is 19.8 Å². The first kappa shape index (κ1) is 24.5. The molecule has 2 heterocycles. The molecule has 11 heteroatoms. The molecule has 2 N–H and O–H groups in total. The van der Waals surface area contributed by atoms with E-state index in [1.165, 1.54) is 27.7 Å². The largest absolute Gasteiger partial charge is 0.465 e. The number of rotatable bonds is 5. The standard InChI is InChI=1S/C24H25ClFN5O4/c1-14(2)27-21(32)13-31-22(15-3-5-19(26)18(25)11-15)28-20-6-4-16(12-17(20)23(31)33)29-7-9-30(10-8-29)24(34)35/h3-6,11-12,14H,7-10,13H2,1-2H3,(H,27,32)(H,34,35). The fourth-order valence-corrected chi connectivity index (χ4v) is 4.26. The molecule has 1 aromatic heterocycles. The molecule has 1 saturated heterocycles. The van der Waals surface area contributed by atoms with Gasteiger partial charge in [-0.15, -0.1) is 0 Å². The van der Waals surface area contributed by atoms with Gasteiger partial charge < -0.3 is 20.2 Å². The second-order valence-corrected chi connectivity index (χ2v) is 9.04. The summed E-state index contributed by atoms with van der Waals surface area (Å²) in [6, 6.07) is 9.14. The second kappa shape index (κ2) is 9.91. The third-order valence-corrected chi connectivity index (χ3v) is 6.07. The molecule has 1 aliphatic rings. The molecule has 0 radical (unpaired) electrons. The van der Waals surface area contributed by atoms with Crippen molar-refractivity contribution in [3.63, 3.8) is 0 Å². The smallest absolute Gasteiger partial charge is 0.407 e. The molecule has 2 aromatic carbocycles. The Morgan fingerprint density at radius 2 is 1.86 bits per heavy atom. The first-order valence-electron chi connectivity index (χ1n) is 11.2. The lowest BCUT2D eigenvalue weighted by molar-refractivity contribution is -0.122. The van der Waals surface area contributed by atoms with Gasteiger partial charge in [0, 0.05) is 43.5 Å². The van der Waals surface area contributed by atoms with E-state index in [4.69, 9.17) is 11.6 Å². The summed E-state index contributed by atoms with van der Waals surface area (Å²) in [5, 5.41) is 12.1. The van der Waals surface area contributed by atoms with Gasteiger partial charge in [-0.1, -0.05) is 11.6 Å². The summed E-state index contributed by atoms with van der Waals surface area (Å²) in [5.41, 5.74) is 1.16. The van der Waals surface area contributed by atoms with E-state index >= 15 is 0 Å². The van der Waals surface area contributed by atoms with E-state index in [1.807, 2.05) is 24.8 Å². The average molecular weight is 502 g/mol. The molecule has 0 aliphatic carbocycles. The minimum absolute atomic E-state index is 0.119. The van der Waals surface area contributed by atoms with Crippen molar-refractivity contribution in [3.8, 4) is 11.4 Å². The molecule has 0 unspecified atom stereocenters. The van der Waals surface area contributed by atoms with E-state index < -0.39 is 17.5 Å². The van der Waals surface area contributed by atoms with Crippen LogP contribution >= 0.6 is 11.6 Å². The lowest BCUT2D eigenvalue weighted by Crippen LogP contribution is -2.48. The van der Waals surface area contributed by atoms with Crippen molar-refractivity contribution >= 4 is 40.2 Å². The van der Waals surface area contributed by atoms with Gasteiger partial charge >= 0.3 is 6.09 Å². The van der Waals surface area contributed by atoms with Crippen molar-refractivity contribution in [2.45, 2.75) is 26.4 Å². The number of fused-ring (bicyclic) bond motifs is 1. The number of piperazine rings is 1. The molecule has 3 aromatic rings. The van der Waals surface area contributed by atoms with Crippen LogP contribution in [0.2, 0.25) is 5.02 Å².